The number of benzene rings is 2. The summed E-state index contributed by atoms with van der Waals surface area (Å²) in [5.41, 5.74) is 0.422. The van der Waals surface area contributed by atoms with Gasteiger partial charge in [0.05, 0.1) is 16.4 Å². The molecule has 0 fully saturated rings. The van der Waals surface area contributed by atoms with Crippen molar-refractivity contribution in [2.45, 2.75) is 11.4 Å². The standard InChI is InChI=1S/C15H12N4O5S/c20-19(21)12-7-4-8-13(9-12)25(22,23)16-10-14-17-15(18-24-14)11-5-2-1-3-6-11/h1-9,16H,10H2. The molecular formula is C15H12N4O5S. The van der Waals surface area contributed by atoms with Gasteiger partial charge < -0.3 is 4.52 Å². The van der Waals surface area contributed by atoms with Gasteiger partial charge in [0.25, 0.3) is 5.69 Å². The molecule has 0 atom stereocenters. The minimum atomic E-state index is -3.95. The number of nitro groups is 1. The van der Waals surface area contributed by atoms with Gasteiger partial charge >= 0.3 is 0 Å². The molecule has 0 aliphatic carbocycles. The summed E-state index contributed by atoms with van der Waals surface area (Å²) in [7, 11) is -3.95. The molecule has 0 unspecified atom stereocenters. The Morgan fingerprint density at radius 1 is 1.12 bits per heavy atom. The van der Waals surface area contributed by atoms with Crippen LogP contribution in [0.5, 0.6) is 0 Å². The van der Waals surface area contributed by atoms with Gasteiger partial charge in [-0.15, -0.1) is 0 Å². The van der Waals surface area contributed by atoms with Crippen LogP contribution in [0.3, 0.4) is 0 Å². The smallest absolute Gasteiger partial charge is 0.270 e. The molecule has 0 amide bonds. The molecular weight excluding hydrogens is 348 g/mol. The van der Waals surface area contributed by atoms with Crippen molar-refractivity contribution in [2.24, 2.45) is 0 Å². The first kappa shape index (κ1) is 16.7. The summed E-state index contributed by atoms with van der Waals surface area (Å²) in [5.74, 6) is 0.415. The summed E-state index contributed by atoms with van der Waals surface area (Å²) in [4.78, 5) is 14.0. The van der Waals surface area contributed by atoms with Crippen LogP contribution in [-0.4, -0.2) is 23.5 Å². The third-order valence-corrected chi connectivity index (χ3v) is 4.65. The van der Waals surface area contributed by atoms with E-state index in [0.717, 1.165) is 11.6 Å². The fraction of sp³-hybridized carbons (Fsp3) is 0.0667. The molecule has 25 heavy (non-hydrogen) atoms. The first-order valence-electron chi connectivity index (χ1n) is 7.08. The number of nitrogens with one attached hydrogen (secondary N) is 1. The Morgan fingerprint density at radius 3 is 2.60 bits per heavy atom. The van der Waals surface area contributed by atoms with Crippen LogP contribution < -0.4 is 4.72 Å². The second-order valence-corrected chi connectivity index (χ2v) is 6.72. The Labute approximate surface area is 142 Å². The van der Waals surface area contributed by atoms with Crippen LogP contribution in [0.4, 0.5) is 5.69 Å². The highest BCUT2D eigenvalue weighted by Gasteiger charge is 2.19. The van der Waals surface area contributed by atoms with E-state index in [1.165, 1.54) is 18.2 Å². The minimum absolute atomic E-state index is 0.0767. The summed E-state index contributed by atoms with van der Waals surface area (Å²) in [6.07, 6.45) is 0. The summed E-state index contributed by atoms with van der Waals surface area (Å²) in [5, 5.41) is 14.5. The Morgan fingerprint density at radius 2 is 1.88 bits per heavy atom. The molecule has 0 spiro atoms. The molecule has 0 aliphatic heterocycles. The molecule has 3 rings (SSSR count). The summed E-state index contributed by atoms with van der Waals surface area (Å²) in [6.45, 7) is -0.231. The van der Waals surface area contributed by atoms with Gasteiger partial charge in [-0.1, -0.05) is 41.6 Å². The lowest BCUT2D eigenvalue weighted by Crippen LogP contribution is -2.23. The predicted molar refractivity (Wildman–Crippen MR) is 86.9 cm³/mol. The number of aromatic nitrogens is 2. The van der Waals surface area contributed by atoms with Gasteiger partial charge in [-0.05, 0) is 6.07 Å². The van der Waals surface area contributed by atoms with Crippen molar-refractivity contribution in [3.8, 4) is 11.4 Å². The predicted octanol–water partition coefficient (Wildman–Crippen LogP) is 2.12. The Kier molecular flexibility index (Phi) is 4.55. The van der Waals surface area contributed by atoms with Gasteiger partial charge in [0.1, 0.15) is 0 Å². The van der Waals surface area contributed by atoms with E-state index in [1.807, 2.05) is 18.2 Å². The Hall–Kier alpha value is -3.11. The van der Waals surface area contributed by atoms with Crippen LogP contribution in [0.15, 0.2) is 64.0 Å². The molecule has 2 aromatic carbocycles. The summed E-state index contributed by atoms with van der Waals surface area (Å²) >= 11 is 0. The van der Waals surface area contributed by atoms with Crippen molar-refractivity contribution in [1.82, 2.24) is 14.9 Å². The van der Waals surface area contributed by atoms with Crippen LogP contribution in [0, 0.1) is 10.1 Å². The zero-order chi connectivity index (χ0) is 17.9. The molecule has 0 radical (unpaired) electrons. The lowest BCUT2D eigenvalue weighted by atomic mass is 10.2. The van der Waals surface area contributed by atoms with E-state index in [1.54, 1.807) is 12.1 Å². The molecule has 0 aliphatic rings. The number of sulfonamides is 1. The molecule has 1 aromatic heterocycles. The summed E-state index contributed by atoms with van der Waals surface area (Å²) in [6, 6.07) is 13.8. The number of nitro benzene ring substituents is 1. The SMILES string of the molecule is O=[N+]([O-])c1cccc(S(=O)(=O)NCc2nc(-c3ccccc3)no2)c1. The molecule has 1 N–H and O–H groups in total. The molecule has 1 heterocycles. The van der Waals surface area contributed by atoms with Gasteiger partial charge in [-0.2, -0.15) is 4.98 Å². The largest absolute Gasteiger partial charge is 0.338 e. The normalized spacial score (nSPS) is 11.4. The fourth-order valence-corrected chi connectivity index (χ4v) is 3.05. The molecule has 128 valence electrons. The number of rotatable bonds is 6. The van der Waals surface area contributed by atoms with Gasteiger partial charge in [-0.25, -0.2) is 13.1 Å². The average molecular weight is 360 g/mol. The topological polar surface area (TPSA) is 128 Å². The molecule has 3 aromatic rings. The molecule has 10 heteroatoms. The van der Waals surface area contributed by atoms with Gasteiger partial charge in [0, 0.05) is 17.7 Å². The van der Waals surface area contributed by atoms with E-state index in [9.17, 15) is 18.5 Å². The second kappa shape index (κ2) is 6.79. The average Bonchev–Trinajstić information content (AvgIpc) is 3.10. The van der Waals surface area contributed by atoms with Crippen molar-refractivity contribution in [3.63, 3.8) is 0 Å². The van der Waals surface area contributed by atoms with Gasteiger partial charge in [-0.3, -0.25) is 10.1 Å². The number of hydrogen-bond acceptors (Lipinski definition) is 7. The highest BCUT2D eigenvalue weighted by molar-refractivity contribution is 7.89. The van der Waals surface area contributed by atoms with Gasteiger partial charge in [0.2, 0.25) is 21.7 Å². The fourth-order valence-electron chi connectivity index (χ4n) is 2.04. The minimum Gasteiger partial charge on any atom is -0.338 e. The lowest BCUT2D eigenvalue weighted by Gasteiger charge is -2.04. The highest BCUT2D eigenvalue weighted by atomic mass is 32.2. The number of nitrogens with zero attached hydrogens (tertiary/aromatic N) is 3. The van der Waals surface area contributed by atoms with E-state index in [0.29, 0.717) is 5.82 Å². The van der Waals surface area contributed by atoms with Crippen molar-refractivity contribution in [1.29, 1.82) is 0 Å². The highest BCUT2D eigenvalue weighted by Crippen LogP contribution is 2.18. The monoisotopic (exact) mass is 360 g/mol. The number of non-ortho nitro benzene ring substituents is 1. The van der Waals surface area contributed by atoms with E-state index in [2.05, 4.69) is 14.9 Å². The van der Waals surface area contributed by atoms with E-state index >= 15 is 0 Å². The quantitative estimate of drug-likeness (QED) is 0.526. The molecule has 0 saturated carbocycles. The van der Waals surface area contributed by atoms with Crippen LogP contribution in [-0.2, 0) is 16.6 Å². The molecule has 0 bridgehead atoms. The molecule has 0 saturated heterocycles. The van der Waals surface area contributed by atoms with E-state index in [-0.39, 0.29) is 23.0 Å². The lowest BCUT2D eigenvalue weighted by molar-refractivity contribution is -0.385. The zero-order valence-corrected chi connectivity index (χ0v) is 13.5. The Bertz CT molecular complexity index is 1000. The van der Waals surface area contributed by atoms with Crippen molar-refractivity contribution >= 4 is 15.7 Å². The third-order valence-electron chi connectivity index (χ3n) is 3.25. The zero-order valence-electron chi connectivity index (χ0n) is 12.7. The maximum Gasteiger partial charge on any atom is 0.270 e. The first-order valence-corrected chi connectivity index (χ1v) is 8.56. The second-order valence-electron chi connectivity index (χ2n) is 4.96. The van der Waals surface area contributed by atoms with Crippen LogP contribution in [0.1, 0.15) is 5.89 Å². The summed E-state index contributed by atoms with van der Waals surface area (Å²) < 4.78 is 31.8. The van der Waals surface area contributed by atoms with E-state index < -0.39 is 14.9 Å². The maximum absolute atomic E-state index is 12.2. The number of hydrogen-bond donors (Lipinski definition) is 1. The van der Waals surface area contributed by atoms with E-state index in [4.69, 9.17) is 4.52 Å². The van der Waals surface area contributed by atoms with Crippen molar-refractivity contribution in [3.05, 3.63) is 70.6 Å². The van der Waals surface area contributed by atoms with Crippen molar-refractivity contribution in [2.75, 3.05) is 0 Å². The van der Waals surface area contributed by atoms with Crippen LogP contribution in [0.2, 0.25) is 0 Å². The Balaban J connectivity index is 1.74. The first-order chi connectivity index (χ1) is 12.0. The van der Waals surface area contributed by atoms with Gasteiger partial charge in [0.15, 0.2) is 0 Å². The van der Waals surface area contributed by atoms with Crippen molar-refractivity contribution < 1.29 is 17.9 Å². The van der Waals surface area contributed by atoms with Crippen LogP contribution in [0.25, 0.3) is 11.4 Å². The maximum atomic E-state index is 12.2. The van der Waals surface area contributed by atoms with Crippen LogP contribution >= 0.6 is 0 Å². The molecule has 9 nitrogen and oxygen atoms in total. The third kappa shape index (κ3) is 3.87.